The van der Waals surface area contributed by atoms with E-state index >= 15 is 0 Å². The summed E-state index contributed by atoms with van der Waals surface area (Å²) < 4.78 is 21.4. The SMILES string of the molecule is COP(C)(=O)ON1C(=O)C2C3C=CC(C3)C2C1=O. The van der Waals surface area contributed by atoms with Crippen LogP contribution in [0.5, 0.6) is 0 Å². The first-order chi connectivity index (χ1) is 8.44. The van der Waals surface area contributed by atoms with Gasteiger partial charge in [-0.3, -0.25) is 14.2 Å². The number of amides is 2. The Balaban J connectivity index is 1.86. The van der Waals surface area contributed by atoms with Crippen molar-refractivity contribution in [3.05, 3.63) is 12.2 Å². The molecule has 1 heterocycles. The first-order valence-electron chi connectivity index (χ1n) is 5.84. The number of imide groups is 1. The number of carbonyl (C=O) groups excluding carboxylic acids is 2. The van der Waals surface area contributed by atoms with Crippen molar-refractivity contribution in [3.63, 3.8) is 0 Å². The molecule has 0 N–H and O–H groups in total. The lowest BCUT2D eigenvalue weighted by Crippen LogP contribution is -2.32. The Morgan fingerprint density at radius 3 is 2.17 bits per heavy atom. The highest BCUT2D eigenvalue weighted by Crippen LogP contribution is 2.54. The second-order valence-corrected chi connectivity index (χ2v) is 7.08. The molecular weight excluding hydrogens is 257 g/mol. The van der Waals surface area contributed by atoms with Gasteiger partial charge in [-0.15, -0.1) is 5.06 Å². The molecule has 7 heteroatoms. The quantitative estimate of drug-likeness (QED) is 0.438. The van der Waals surface area contributed by atoms with Gasteiger partial charge in [0.2, 0.25) is 0 Å². The standard InChI is InChI=1S/C11H14NO5P/c1-16-18(2,15)17-12-10(13)8-6-3-4-7(5-6)9(8)11(12)14/h3-4,6-9H,5H2,1-2H3. The Hall–Kier alpha value is -0.970. The fraction of sp³-hybridized carbons (Fsp3) is 0.636. The van der Waals surface area contributed by atoms with Gasteiger partial charge < -0.3 is 4.52 Å². The van der Waals surface area contributed by atoms with E-state index in [1.54, 1.807) is 0 Å². The van der Waals surface area contributed by atoms with Crippen LogP contribution >= 0.6 is 7.60 Å². The number of hydroxylamine groups is 2. The zero-order chi connectivity index (χ0) is 13.1. The lowest BCUT2D eigenvalue weighted by molar-refractivity contribution is -0.168. The Morgan fingerprint density at radius 2 is 1.72 bits per heavy atom. The van der Waals surface area contributed by atoms with E-state index in [0.29, 0.717) is 5.06 Å². The Morgan fingerprint density at radius 1 is 1.22 bits per heavy atom. The van der Waals surface area contributed by atoms with Gasteiger partial charge in [-0.25, -0.2) is 0 Å². The van der Waals surface area contributed by atoms with Crippen LogP contribution in [0.1, 0.15) is 6.42 Å². The summed E-state index contributed by atoms with van der Waals surface area (Å²) in [5.74, 6) is -1.23. The molecule has 98 valence electrons. The van der Waals surface area contributed by atoms with E-state index in [2.05, 4.69) is 4.52 Å². The third kappa shape index (κ3) is 1.53. The summed E-state index contributed by atoms with van der Waals surface area (Å²) in [6.45, 7) is 1.23. The summed E-state index contributed by atoms with van der Waals surface area (Å²) in [6.07, 6.45) is 4.83. The minimum absolute atomic E-state index is 0.115. The molecule has 3 aliphatic rings. The molecule has 1 saturated heterocycles. The molecule has 1 saturated carbocycles. The molecule has 6 nitrogen and oxygen atoms in total. The van der Waals surface area contributed by atoms with Crippen LogP contribution in [0.2, 0.25) is 0 Å². The van der Waals surface area contributed by atoms with Crippen molar-refractivity contribution in [1.82, 2.24) is 5.06 Å². The van der Waals surface area contributed by atoms with Gasteiger partial charge in [0.1, 0.15) is 0 Å². The highest BCUT2D eigenvalue weighted by atomic mass is 31.2. The van der Waals surface area contributed by atoms with Crippen molar-refractivity contribution in [2.45, 2.75) is 6.42 Å². The molecular formula is C11H14NO5P. The maximum absolute atomic E-state index is 12.2. The molecule has 0 aromatic heterocycles. The fourth-order valence-electron chi connectivity index (χ4n) is 3.14. The van der Waals surface area contributed by atoms with Crippen LogP contribution in [0.4, 0.5) is 0 Å². The normalized spacial score (nSPS) is 40.4. The fourth-order valence-corrected chi connectivity index (χ4v) is 3.66. The summed E-state index contributed by atoms with van der Waals surface area (Å²) in [5, 5.41) is 0.659. The van der Waals surface area contributed by atoms with E-state index in [0.717, 1.165) is 6.42 Å². The van der Waals surface area contributed by atoms with Crippen LogP contribution in [0.3, 0.4) is 0 Å². The third-order valence-electron chi connectivity index (χ3n) is 3.99. The van der Waals surface area contributed by atoms with Crippen molar-refractivity contribution < 1.29 is 23.3 Å². The van der Waals surface area contributed by atoms with E-state index in [-0.39, 0.29) is 35.5 Å². The zero-order valence-electron chi connectivity index (χ0n) is 10.1. The molecule has 0 spiro atoms. The van der Waals surface area contributed by atoms with Crippen molar-refractivity contribution in [3.8, 4) is 0 Å². The van der Waals surface area contributed by atoms with Crippen LogP contribution < -0.4 is 0 Å². The lowest BCUT2D eigenvalue weighted by atomic mass is 9.85. The highest BCUT2D eigenvalue weighted by Gasteiger charge is 2.60. The van der Waals surface area contributed by atoms with Gasteiger partial charge in [0.15, 0.2) is 0 Å². The highest BCUT2D eigenvalue weighted by molar-refractivity contribution is 7.52. The molecule has 5 unspecified atom stereocenters. The number of fused-ring (bicyclic) bond motifs is 5. The molecule has 5 atom stereocenters. The smallest absolute Gasteiger partial charge is 0.311 e. The van der Waals surface area contributed by atoms with E-state index in [1.165, 1.54) is 13.8 Å². The molecule has 0 radical (unpaired) electrons. The maximum atomic E-state index is 12.2. The molecule has 3 rings (SSSR count). The number of rotatable bonds is 3. The van der Waals surface area contributed by atoms with Gasteiger partial charge in [0.05, 0.1) is 11.8 Å². The largest absolute Gasteiger partial charge is 0.349 e. The van der Waals surface area contributed by atoms with E-state index in [4.69, 9.17) is 4.62 Å². The molecule has 2 amide bonds. The van der Waals surface area contributed by atoms with Crippen LogP contribution in [-0.2, 0) is 23.3 Å². The van der Waals surface area contributed by atoms with Crippen molar-refractivity contribution in [1.29, 1.82) is 0 Å². The van der Waals surface area contributed by atoms with Gasteiger partial charge in [-0.2, -0.15) is 4.62 Å². The number of nitrogens with zero attached hydrogens (tertiary/aromatic N) is 1. The summed E-state index contributed by atoms with van der Waals surface area (Å²) in [6, 6.07) is 0. The number of hydrogen-bond acceptors (Lipinski definition) is 5. The second-order valence-electron chi connectivity index (χ2n) is 5.01. The number of carbonyl (C=O) groups is 2. The molecule has 0 aromatic rings. The molecule has 18 heavy (non-hydrogen) atoms. The molecule has 2 fully saturated rings. The van der Waals surface area contributed by atoms with Crippen LogP contribution in [0.25, 0.3) is 0 Å². The maximum Gasteiger partial charge on any atom is 0.349 e. The van der Waals surface area contributed by atoms with Gasteiger partial charge in [0.25, 0.3) is 11.8 Å². The predicted octanol–water partition coefficient (Wildman–Crippen LogP) is 1.19. The number of hydrogen-bond donors (Lipinski definition) is 0. The topological polar surface area (TPSA) is 72.9 Å². The van der Waals surface area contributed by atoms with Gasteiger partial charge in [-0.1, -0.05) is 12.2 Å². The predicted molar refractivity (Wildman–Crippen MR) is 61.2 cm³/mol. The summed E-state index contributed by atoms with van der Waals surface area (Å²) in [7, 11) is -2.17. The van der Waals surface area contributed by atoms with Gasteiger partial charge in [-0.05, 0) is 18.3 Å². The van der Waals surface area contributed by atoms with E-state index < -0.39 is 7.60 Å². The van der Waals surface area contributed by atoms with Crippen LogP contribution in [0.15, 0.2) is 12.2 Å². The molecule has 2 aliphatic carbocycles. The average molecular weight is 271 g/mol. The average Bonchev–Trinajstić information content (AvgIpc) is 2.99. The Kier molecular flexibility index (Phi) is 2.52. The Bertz CT molecular complexity index is 472. The van der Waals surface area contributed by atoms with Gasteiger partial charge >= 0.3 is 7.60 Å². The number of allylic oxidation sites excluding steroid dienone is 2. The van der Waals surface area contributed by atoms with Crippen molar-refractivity contribution in [2.75, 3.05) is 13.8 Å². The first-order valence-corrected chi connectivity index (χ1v) is 7.82. The van der Waals surface area contributed by atoms with Crippen LogP contribution in [0, 0.1) is 23.7 Å². The monoisotopic (exact) mass is 271 g/mol. The summed E-state index contributed by atoms with van der Waals surface area (Å²) >= 11 is 0. The Labute approximate surface area is 104 Å². The molecule has 1 aliphatic heterocycles. The molecule has 2 bridgehead atoms. The third-order valence-corrected chi connectivity index (χ3v) is 5.11. The molecule has 0 aromatic carbocycles. The minimum atomic E-state index is -3.39. The van der Waals surface area contributed by atoms with Crippen LogP contribution in [-0.4, -0.2) is 30.7 Å². The summed E-state index contributed by atoms with van der Waals surface area (Å²) in [5.41, 5.74) is 0. The van der Waals surface area contributed by atoms with E-state index in [1.807, 2.05) is 12.2 Å². The van der Waals surface area contributed by atoms with E-state index in [9.17, 15) is 14.2 Å². The first kappa shape index (κ1) is 12.1. The van der Waals surface area contributed by atoms with Crippen molar-refractivity contribution in [2.24, 2.45) is 23.7 Å². The van der Waals surface area contributed by atoms with Gasteiger partial charge in [0, 0.05) is 13.8 Å². The zero-order valence-corrected chi connectivity index (χ0v) is 11.0. The summed E-state index contributed by atoms with van der Waals surface area (Å²) in [4.78, 5) is 24.3. The second kappa shape index (κ2) is 3.76. The van der Waals surface area contributed by atoms with Crippen molar-refractivity contribution >= 4 is 19.4 Å². The lowest BCUT2D eigenvalue weighted by Gasteiger charge is -2.19. The minimum Gasteiger partial charge on any atom is -0.311 e.